The molecule has 1 fully saturated rings. The van der Waals surface area contributed by atoms with Crippen molar-refractivity contribution in [3.63, 3.8) is 0 Å². The Morgan fingerprint density at radius 3 is 2.54 bits per heavy atom. The van der Waals surface area contributed by atoms with Gasteiger partial charge in [-0.1, -0.05) is 42.5 Å². The molecule has 5 rings (SSSR count). The predicted octanol–water partition coefficient (Wildman–Crippen LogP) is 6.02. The summed E-state index contributed by atoms with van der Waals surface area (Å²) in [6.45, 7) is 4.05. The van der Waals surface area contributed by atoms with E-state index in [1.807, 2.05) is 36.4 Å². The predicted molar refractivity (Wildman–Crippen MR) is 142 cm³/mol. The van der Waals surface area contributed by atoms with Crippen LogP contribution >= 0.6 is 22.7 Å². The zero-order valence-electron chi connectivity index (χ0n) is 19.5. The van der Waals surface area contributed by atoms with Crippen LogP contribution < -0.4 is 5.32 Å². The molecule has 2 aromatic heterocycles. The minimum absolute atomic E-state index is 0.115. The normalized spacial score (nSPS) is 14.8. The molecule has 1 aliphatic heterocycles. The molecule has 35 heavy (non-hydrogen) atoms. The molecular formula is C27H27N3O3S2. The number of aromatic nitrogens is 1. The topological polar surface area (TPSA) is 71.5 Å². The fourth-order valence-corrected chi connectivity index (χ4v) is 6.57. The molecule has 8 heteroatoms. The lowest BCUT2D eigenvalue weighted by atomic mass is 9.97. The van der Waals surface area contributed by atoms with Gasteiger partial charge in [0, 0.05) is 10.8 Å². The van der Waals surface area contributed by atoms with Crippen molar-refractivity contribution < 1.29 is 14.3 Å². The van der Waals surface area contributed by atoms with Crippen LogP contribution in [0.25, 0.3) is 20.7 Å². The number of esters is 1. The minimum atomic E-state index is -0.419. The maximum atomic E-state index is 12.9. The summed E-state index contributed by atoms with van der Waals surface area (Å²) >= 11 is 3.18. The number of amides is 1. The Balaban J connectivity index is 1.22. The van der Waals surface area contributed by atoms with Crippen molar-refractivity contribution in [2.24, 2.45) is 0 Å². The molecule has 1 N–H and O–H groups in total. The number of anilines is 1. The largest absolute Gasteiger partial charge is 0.462 e. The SMILES string of the molecule is CCOC(=O)c1cc(-c2ccccc2)sc1NC(=O)CN1CCC(c2nc3ccccc3s2)CC1. The molecule has 3 heterocycles. The number of hydrogen-bond donors (Lipinski definition) is 1. The van der Waals surface area contributed by atoms with Crippen LogP contribution in [0.3, 0.4) is 0 Å². The average molecular weight is 506 g/mol. The van der Waals surface area contributed by atoms with Gasteiger partial charge in [0.05, 0.1) is 33.9 Å². The van der Waals surface area contributed by atoms with E-state index in [9.17, 15) is 9.59 Å². The van der Waals surface area contributed by atoms with Crippen LogP contribution in [0.1, 0.15) is 41.0 Å². The van der Waals surface area contributed by atoms with Crippen LogP contribution in [0.5, 0.6) is 0 Å². The highest BCUT2D eigenvalue weighted by Gasteiger charge is 2.25. The van der Waals surface area contributed by atoms with Crippen LogP contribution in [0.2, 0.25) is 0 Å². The van der Waals surface area contributed by atoms with Gasteiger partial charge in [-0.15, -0.1) is 22.7 Å². The number of carbonyl (C=O) groups is 2. The maximum Gasteiger partial charge on any atom is 0.341 e. The number of fused-ring (bicyclic) bond motifs is 1. The van der Waals surface area contributed by atoms with E-state index in [0.29, 0.717) is 23.0 Å². The molecule has 0 saturated carbocycles. The first-order valence-corrected chi connectivity index (χ1v) is 13.5. The molecule has 1 amide bonds. The van der Waals surface area contributed by atoms with Crippen molar-refractivity contribution >= 4 is 49.8 Å². The number of carbonyl (C=O) groups excluding carboxylic acids is 2. The summed E-state index contributed by atoms with van der Waals surface area (Å²) in [5, 5.41) is 4.71. The molecule has 2 aromatic carbocycles. The highest BCUT2D eigenvalue weighted by atomic mass is 32.1. The number of hydrogen-bond acceptors (Lipinski definition) is 7. The quantitative estimate of drug-likeness (QED) is 0.311. The van der Waals surface area contributed by atoms with E-state index < -0.39 is 5.97 Å². The van der Waals surface area contributed by atoms with Crippen LogP contribution in [-0.2, 0) is 9.53 Å². The summed E-state index contributed by atoms with van der Waals surface area (Å²) in [7, 11) is 0. The number of likely N-dealkylation sites (tertiary alicyclic amines) is 1. The summed E-state index contributed by atoms with van der Waals surface area (Å²) in [4.78, 5) is 33.4. The second-order valence-electron chi connectivity index (χ2n) is 8.56. The van der Waals surface area contributed by atoms with Crippen molar-refractivity contribution in [2.75, 3.05) is 31.6 Å². The van der Waals surface area contributed by atoms with Gasteiger partial charge in [-0.25, -0.2) is 9.78 Å². The van der Waals surface area contributed by atoms with Gasteiger partial charge in [0.25, 0.3) is 0 Å². The van der Waals surface area contributed by atoms with Crippen LogP contribution in [0, 0.1) is 0 Å². The number of rotatable bonds is 7. The van der Waals surface area contributed by atoms with Gasteiger partial charge in [0.15, 0.2) is 0 Å². The highest BCUT2D eigenvalue weighted by Crippen LogP contribution is 2.36. The second kappa shape index (κ2) is 10.7. The van der Waals surface area contributed by atoms with Crippen molar-refractivity contribution in [1.29, 1.82) is 0 Å². The molecule has 0 aliphatic carbocycles. The maximum absolute atomic E-state index is 12.9. The third-order valence-corrected chi connectivity index (χ3v) is 8.45. The molecule has 0 bridgehead atoms. The lowest BCUT2D eigenvalue weighted by Gasteiger charge is -2.30. The summed E-state index contributed by atoms with van der Waals surface area (Å²) in [6, 6.07) is 19.9. The smallest absolute Gasteiger partial charge is 0.341 e. The van der Waals surface area contributed by atoms with E-state index in [0.717, 1.165) is 41.9 Å². The third kappa shape index (κ3) is 5.45. The first kappa shape index (κ1) is 23.7. The molecule has 0 radical (unpaired) electrons. The zero-order valence-corrected chi connectivity index (χ0v) is 21.2. The zero-order chi connectivity index (χ0) is 24.2. The number of nitrogens with one attached hydrogen (secondary N) is 1. The van der Waals surface area contributed by atoms with E-state index in [1.54, 1.807) is 24.3 Å². The summed E-state index contributed by atoms with van der Waals surface area (Å²) < 4.78 is 6.46. The Labute approximate surface area is 212 Å². The van der Waals surface area contributed by atoms with E-state index in [2.05, 4.69) is 28.4 Å². The van der Waals surface area contributed by atoms with Crippen molar-refractivity contribution in [3.8, 4) is 10.4 Å². The van der Waals surface area contributed by atoms with E-state index in [-0.39, 0.29) is 12.5 Å². The molecule has 0 unspecified atom stereocenters. The molecule has 4 aromatic rings. The van der Waals surface area contributed by atoms with Gasteiger partial charge < -0.3 is 10.1 Å². The Morgan fingerprint density at radius 2 is 1.80 bits per heavy atom. The summed E-state index contributed by atoms with van der Waals surface area (Å²) in [5.74, 6) is -0.0961. The van der Waals surface area contributed by atoms with Crippen LogP contribution in [-0.4, -0.2) is 48.0 Å². The number of ether oxygens (including phenoxy) is 1. The number of benzene rings is 2. The highest BCUT2D eigenvalue weighted by molar-refractivity contribution is 7.20. The van der Waals surface area contributed by atoms with Gasteiger partial charge in [0.2, 0.25) is 5.91 Å². The fraction of sp³-hybridized carbons (Fsp3) is 0.296. The molecule has 1 aliphatic rings. The first-order chi connectivity index (χ1) is 17.1. The number of nitrogens with zero attached hydrogens (tertiary/aromatic N) is 2. The van der Waals surface area contributed by atoms with Gasteiger partial charge >= 0.3 is 5.97 Å². The van der Waals surface area contributed by atoms with E-state index >= 15 is 0 Å². The molecule has 0 atom stereocenters. The molecule has 0 spiro atoms. The molecular weight excluding hydrogens is 478 g/mol. The van der Waals surface area contributed by atoms with Crippen molar-refractivity contribution in [2.45, 2.75) is 25.7 Å². The van der Waals surface area contributed by atoms with Crippen molar-refractivity contribution in [1.82, 2.24) is 9.88 Å². The van der Waals surface area contributed by atoms with E-state index in [4.69, 9.17) is 9.72 Å². The first-order valence-electron chi connectivity index (χ1n) is 11.8. The number of piperidine rings is 1. The molecule has 180 valence electrons. The lowest BCUT2D eigenvalue weighted by molar-refractivity contribution is -0.117. The third-order valence-electron chi connectivity index (χ3n) is 6.15. The Morgan fingerprint density at radius 1 is 1.06 bits per heavy atom. The Hall–Kier alpha value is -3.07. The molecule has 1 saturated heterocycles. The fourth-order valence-electron chi connectivity index (χ4n) is 4.36. The van der Waals surface area contributed by atoms with Crippen LogP contribution in [0.4, 0.5) is 5.00 Å². The Kier molecular flexibility index (Phi) is 7.22. The number of thiazole rings is 1. The van der Waals surface area contributed by atoms with Gasteiger partial charge in [-0.05, 0) is 56.6 Å². The van der Waals surface area contributed by atoms with Crippen LogP contribution in [0.15, 0.2) is 60.7 Å². The summed E-state index contributed by atoms with van der Waals surface area (Å²) in [5.41, 5.74) is 2.47. The van der Waals surface area contributed by atoms with E-state index in [1.165, 1.54) is 21.0 Å². The number of para-hydroxylation sites is 1. The van der Waals surface area contributed by atoms with Crippen molar-refractivity contribution in [3.05, 3.63) is 71.2 Å². The van der Waals surface area contributed by atoms with Gasteiger partial charge in [-0.3, -0.25) is 9.69 Å². The lowest BCUT2D eigenvalue weighted by Crippen LogP contribution is -2.38. The summed E-state index contributed by atoms with van der Waals surface area (Å²) in [6.07, 6.45) is 1.97. The van der Waals surface area contributed by atoms with Gasteiger partial charge in [-0.2, -0.15) is 0 Å². The second-order valence-corrected chi connectivity index (χ2v) is 10.7. The monoisotopic (exact) mass is 505 g/mol. The Bertz CT molecular complexity index is 1290. The average Bonchev–Trinajstić information content (AvgIpc) is 3.50. The number of thiophene rings is 1. The molecule has 6 nitrogen and oxygen atoms in total. The standard InChI is InChI=1S/C27H27N3O3S2/c1-2-33-27(32)20-16-23(18-8-4-3-5-9-18)35-26(20)29-24(31)17-30-14-12-19(13-15-30)25-28-21-10-6-7-11-22(21)34-25/h3-11,16,19H,2,12-15,17H2,1H3,(H,29,31). The van der Waals surface area contributed by atoms with Gasteiger partial charge in [0.1, 0.15) is 5.00 Å². The minimum Gasteiger partial charge on any atom is -0.462 e.